The smallest absolute Gasteiger partial charge is 0.233 e. The van der Waals surface area contributed by atoms with Gasteiger partial charge in [0.15, 0.2) is 22.5 Å². The fourth-order valence-corrected chi connectivity index (χ4v) is 4.38. The van der Waals surface area contributed by atoms with E-state index >= 15 is 0 Å². The molecule has 4 aromatic rings. The first-order valence-corrected chi connectivity index (χ1v) is 11.6. The number of hydrogen-bond donors (Lipinski definition) is 0. The quantitative estimate of drug-likeness (QED) is 0.347. The minimum atomic E-state index is -0.454. The lowest BCUT2D eigenvalue weighted by Crippen LogP contribution is -2.28. The Hall–Kier alpha value is -3.72. The van der Waals surface area contributed by atoms with Gasteiger partial charge in [0.2, 0.25) is 5.91 Å². The van der Waals surface area contributed by atoms with Crippen LogP contribution in [-0.2, 0) is 11.3 Å². The summed E-state index contributed by atoms with van der Waals surface area (Å²) in [4.78, 5) is 18.5. The Morgan fingerprint density at radius 1 is 1.12 bits per heavy atom. The van der Waals surface area contributed by atoms with Crippen LogP contribution < -0.4 is 4.74 Å². The van der Waals surface area contributed by atoms with Gasteiger partial charge in [-0.15, -0.1) is 10.2 Å². The van der Waals surface area contributed by atoms with E-state index in [-0.39, 0.29) is 24.0 Å². The Balaban J connectivity index is 1.54. The monoisotopic (exact) mass is 477 g/mol. The number of aryl methyl sites for hydroxylation is 1. The molecule has 0 aliphatic rings. The highest BCUT2D eigenvalue weighted by Gasteiger charge is 2.19. The number of rotatable bonds is 8. The molecule has 7 nitrogen and oxygen atoms in total. The average molecular weight is 478 g/mol. The van der Waals surface area contributed by atoms with Crippen molar-refractivity contribution in [2.75, 3.05) is 19.9 Å². The molecule has 174 valence electrons. The molecule has 0 aliphatic carbocycles. The van der Waals surface area contributed by atoms with Crippen molar-refractivity contribution < 1.29 is 13.9 Å². The fourth-order valence-electron chi connectivity index (χ4n) is 3.49. The molecule has 4 rings (SSSR count). The van der Waals surface area contributed by atoms with Crippen molar-refractivity contribution in [3.8, 4) is 22.8 Å². The number of para-hydroxylation sites is 1. The van der Waals surface area contributed by atoms with Crippen LogP contribution in [-0.4, -0.2) is 50.5 Å². The number of amides is 1. The zero-order chi connectivity index (χ0) is 24.1. The third-order valence-electron chi connectivity index (χ3n) is 5.31. The van der Waals surface area contributed by atoms with Gasteiger partial charge in [-0.3, -0.25) is 14.3 Å². The van der Waals surface area contributed by atoms with Gasteiger partial charge in [-0.25, -0.2) is 4.39 Å². The molecular formula is C25H24FN5O2S. The number of carbonyl (C=O) groups excluding carboxylic acids is 1. The number of pyridine rings is 1. The lowest BCUT2D eigenvalue weighted by Gasteiger charge is -2.18. The van der Waals surface area contributed by atoms with Crippen molar-refractivity contribution in [1.82, 2.24) is 24.6 Å². The van der Waals surface area contributed by atoms with Gasteiger partial charge in [-0.1, -0.05) is 36.0 Å². The van der Waals surface area contributed by atoms with Gasteiger partial charge < -0.3 is 9.64 Å². The minimum Gasteiger partial charge on any atom is -0.494 e. The summed E-state index contributed by atoms with van der Waals surface area (Å²) in [5.41, 5.74) is 3.56. The summed E-state index contributed by atoms with van der Waals surface area (Å²) in [6, 6.07) is 16.4. The van der Waals surface area contributed by atoms with Gasteiger partial charge >= 0.3 is 0 Å². The molecule has 34 heavy (non-hydrogen) atoms. The number of nitrogens with zero attached hydrogens (tertiary/aromatic N) is 5. The number of ether oxygens (including phenoxy) is 1. The first kappa shape index (κ1) is 23.4. The summed E-state index contributed by atoms with van der Waals surface area (Å²) >= 11 is 1.31. The van der Waals surface area contributed by atoms with Crippen LogP contribution in [0.25, 0.3) is 17.1 Å². The van der Waals surface area contributed by atoms with Gasteiger partial charge in [-0.2, -0.15) is 0 Å². The van der Waals surface area contributed by atoms with E-state index in [0.717, 1.165) is 16.8 Å². The van der Waals surface area contributed by atoms with E-state index in [1.807, 2.05) is 47.9 Å². The SMILES string of the molecule is COc1ccc(CN(C)C(=O)CSc2nnc(-c3ccncc3)n2-c2ccccc2C)cc1F. The van der Waals surface area contributed by atoms with Gasteiger partial charge in [-0.05, 0) is 48.4 Å². The summed E-state index contributed by atoms with van der Waals surface area (Å²) in [7, 11) is 3.11. The number of carbonyl (C=O) groups is 1. The zero-order valence-electron chi connectivity index (χ0n) is 19.1. The molecule has 2 aromatic heterocycles. The molecule has 0 N–H and O–H groups in total. The Morgan fingerprint density at radius 3 is 2.59 bits per heavy atom. The van der Waals surface area contributed by atoms with Crippen molar-refractivity contribution in [2.24, 2.45) is 0 Å². The second-order valence-electron chi connectivity index (χ2n) is 7.67. The number of aromatic nitrogens is 4. The second-order valence-corrected chi connectivity index (χ2v) is 8.61. The Kier molecular flexibility index (Phi) is 7.22. The van der Waals surface area contributed by atoms with Crippen molar-refractivity contribution in [2.45, 2.75) is 18.6 Å². The number of hydrogen-bond acceptors (Lipinski definition) is 6. The molecule has 0 fully saturated rings. The first-order chi connectivity index (χ1) is 16.5. The molecule has 2 heterocycles. The molecule has 0 atom stereocenters. The van der Waals surface area contributed by atoms with Crippen molar-refractivity contribution in [3.63, 3.8) is 0 Å². The van der Waals surface area contributed by atoms with Crippen LogP contribution in [0.1, 0.15) is 11.1 Å². The van der Waals surface area contributed by atoms with E-state index in [4.69, 9.17) is 4.74 Å². The van der Waals surface area contributed by atoms with Gasteiger partial charge in [0, 0.05) is 31.5 Å². The highest BCUT2D eigenvalue weighted by atomic mass is 32.2. The molecule has 1 amide bonds. The van der Waals surface area contributed by atoms with Gasteiger partial charge in [0.1, 0.15) is 0 Å². The normalized spacial score (nSPS) is 10.8. The van der Waals surface area contributed by atoms with Crippen LogP contribution in [0, 0.1) is 12.7 Å². The van der Waals surface area contributed by atoms with Crippen LogP contribution in [0.4, 0.5) is 4.39 Å². The maximum absolute atomic E-state index is 14.0. The van der Waals surface area contributed by atoms with E-state index in [1.165, 1.54) is 24.9 Å². The average Bonchev–Trinajstić information content (AvgIpc) is 3.27. The lowest BCUT2D eigenvalue weighted by atomic mass is 10.2. The van der Waals surface area contributed by atoms with Crippen LogP contribution >= 0.6 is 11.8 Å². The Morgan fingerprint density at radius 2 is 1.88 bits per heavy atom. The Labute approximate surface area is 201 Å². The van der Waals surface area contributed by atoms with Crippen LogP contribution in [0.3, 0.4) is 0 Å². The molecule has 2 aromatic carbocycles. The summed E-state index contributed by atoms with van der Waals surface area (Å²) in [6.07, 6.45) is 3.42. The van der Waals surface area contributed by atoms with Crippen LogP contribution in [0.2, 0.25) is 0 Å². The fraction of sp³-hybridized carbons (Fsp3) is 0.200. The standard InChI is InChI=1S/C25H24FN5O2S/c1-17-6-4-5-7-21(17)31-24(19-10-12-27-13-11-19)28-29-25(31)34-16-23(32)30(2)15-18-8-9-22(33-3)20(26)14-18/h4-14H,15-16H2,1-3H3. The van der Waals surface area contributed by atoms with Crippen molar-refractivity contribution in [1.29, 1.82) is 0 Å². The van der Waals surface area contributed by atoms with Crippen LogP contribution in [0.5, 0.6) is 5.75 Å². The highest BCUT2D eigenvalue weighted by molar-refractivity contribution is 7.99. The van der Waals surface area contributed by atoms with Crippen molar-refractivity contribution >= 4 is 17.7 Å². The van der Waals surface area contributed by atoms with E-state index in [9.17, 15) is 9.18 Å². The first-order valence-electron chi connectivity index (χ1n) is 10.6. The summed E-state index contributed by atoms with van der Waals surface area (Å²) < 4.78 is 20.9. The van der Waals surface area contributed by atoms with Crippen molar-refractivity contribution in [3.05, 3.63) is 83.9 Å². The third-order valence-corrected chi connectivity index (χ3v) is 6.23. The summed E-state index contributed by atoms with van der Waals surface area (Å²) in [5.74, 6) is 0.453. The highest BCUT2D eigenvalue weighted by Crippen LogP contribution is 2.29. The zero-order valence-corrected chi connectivity index (χ0v) is 19.9. The minimum absolute atomic E-state index is 0.106. The van der Waals surface area contributed by atoms with Crippen LogP contribution in [0.15, 0.2) is 72.1 Å². The summed E-state index contributed by atoms with van der Waals surface area (Å²) in [5, 5.41) is 9.39. The molecule has 0 bridgehead atoms. The van der Waals surface area contributed by atoms with E-state index in [2.05, 4.69) is 15.2 Å². The van der Waals surface area contributed by atoms with Gasteiger partial charge in [0.05, 0.1) is 18.6 Å². The molecule has 0 unspecified atom stereocenters. The second kappa shape index (κ2) is 10.5. The number of methoxy groups -OCH3 is 1. The molecule has 0 aliphatic heterocycles. The molecule has 0 radical (unpaired) electrons. The topological polar surface area (TPSA) is 73.1 Å². The number of thioether (sulfide) groups is 1. The largest absolute Gasteiger partial charge is 0.494 e. The van der Waals surface area contributed by atoms with E-state index in [0.29, 0.717) is 16.5 Å². The maximum Gasteiger partial charge on any atom is 0.233 e. The van der Waals surface area contributed by atoms with E-state index in [1.54, 1.807) is 36.5 Å². The summed E-state index contributed by atoms with van der Waals surface area (Å²) in [6.45, 7) is 2.31. The van der Waals surface area contributed by atoms with Gasteiger partial charge in [0.25, 0.3) is 0 Å². The maximum atomic E-state index is 14.0. The molecule has 0 saturated heterocycles. The predicted octanol–water partition coefficient (Wildman–Crippen LogP) is 4.54. The predicted molar refractivity (Wildman–Crippen MR) is 129 cm³/mol. The number of halogens is 1. The third kappa shape index (κ3) is 5.09. The molecular weight excluding hydrogens is 453 g/mol. The lowest BCUT2D eigenvalue weighted by molar-refractivity contribution is -0.127. The number of benzene rings is 2. The molecule has 0 spiro atoms. The molecule has 9 heteroatoms. The Bertz CT molecular complexity index is 1300. The van der Waals surface area contributed by atoms with E-state index < -0.39 is 5.82 Å². The molecule has 0 saturated carbocycles.